The molecule has 2 aromatic carbocycles. The highest BCUT2D eigenvalue weighted by Crippen LogP contribution is 2.40. The first-order valence-electron chi connectivity index (χ1n) is 11.3. The quantitative estimate of drug-likeness (QED) is 0.383. The number of aromatic nitrogens is 4. The number of aromatic amines is 1. The van der Waals surface area contributed by atoms with Crippen molar-refractivity contribution in [2.24, 2.45) is 0 Å². The molecule has 5 aromatic rings. The first-order chi connectivity index (χ1) is 16.9. The topological polar surface area (TPSA) is 101 Å². The predicted octanol–water partition coefficient (Wildman–Crippen LogP) is 4.53. The molecule has 0 radical (unpaired) electrons. The summed E-state index contributed by atoms with van der Waals surface area (Å²) in [6.07, 6.45) is 3.02. The van der Waals surface area contributed by atoms with Gasteiger partial charge in [0.2, 0.25) is 0 Å². The zero-order chi connectivity index (χ0) is 24.2. The zero-order valence-corrected chi connectivity index (χ0v) is 20.9. The number of morpholine rings is 1. The summed E-state index contributed by atoms with van der Waals surface area (Å²) in [5, 5.41) is 10.3. The van der Waals surface area contributed by atoms with Gasteiger partial charge < -0.3 is 9.64 Å². The van der Waals surface area contributed by atoms with Gasteiger partial charge in [-0.3, -0.25) is 5.10 Å². The van der Waals surface area contributed by atoms with E-state index < -0.39 is 9.84 Å². The number of H-pyrrole nitrogens is 1. The fraction of sp³-hybridized carbons (Fsp3) is 0.240. The molecule has 1 aliphatic rings. The van der Waals surface area contributed by atoms with E-state index in [0.717, 1.165) is 50.2 Å². The number of thiophene rings is 1. The Morgan fingerprint density at radius 2 is 1.94 bits per heavy atom. The second kappa shape index (κ2) is 8.40. The van der Waals surface area contributed by atoms with Crippen molar-refractivity contribution in [3.63, 3.8) is 0 Å². The number of hydrogen-bond donors (Lipinski definition) is 1. The van der Waals surface area contributed by atoms with Gasteiger partial charge in [0, 0.05) is 34.7 Å². The van der Waals surface area contributed by atoms with Crippen LogP contribution in [0.3, 0.4) is 0 Å². The number of anilines is 1. The molecule has 0 aliphatic carbocycles. The van der Waals surface area contributed by atoms with Crippen molar-refractivity contribution in [3.05, 3.63) is 54.0 Å². The maximum Gasteiger partial charge on any atom is 0.175 e. The first-order valence-corrected chi connectivity index (χ1v) is 14.0. The lowest BCUT2D eigenvalue weighted by molar-refractivity contribution is 0.0987. The van der Waals surface area contributed by atoms with Crippen molar-refractivity contribution in [3.8, 4) is 22.5 Å². The normalized spacial score (nSPS) is 16.9. The Bertz CT molecular complexity index is 1660. The molecule has 178 valence electrons. The van der Waals surface area contributed by atoms with Crippen molar-refractivity contribution < 1.29 is 13.2 Å². The van der Waals surface area contributed by atoms with Crippen molar-refractivity contribution in [2.75, 3.05) is 30.9 Å². The SMILES string of the molecule is C[C@@H]1COCCN1c1nc(-c2cccc3[nH]ncc23)nc2c(-c3ccc(S(C)(=O)=O)cc3)csc12. The van der Waals surface area contributed by atoms with Gasteiger partial charge >= 0.3 is 0 Å². The summed E-state index contributed by atoms with van der Waals surface area (Å²) in [5.41, 5.74) is 4.55. The molecule has 4 heterocycles. The number of sulfone groups is 1. The van der Waals surface area contributed by atoms with Gasteiger partial charge in [0.15, 0.2) is 21.5 Å². The van der Waals surface area contributed by atoms with Crippen LogP contribution in [-0.4, -0.2) is 60.6 Å². The highest BCUT2D eigenvalue weighted by atomic mass is 32.2. The van der Waals surface area contributed by atoms with Crippen LogP contribution in [0.4, 0.5) is 5.82 Å². The third-order valence-corrected chi connectivity index (χ3v) is 8.45. The van der Waals surface area contributed by atoms with Crippen LogP contribution >= 0.6 is 11.3 Å². The smallest absolute Gasteiger partial charge is 0.175 e. The van der Waals surface area contributed by atoms with Gasteiger partial charge in [-0.2, -0.15) is 5.10 Å². The van der Waals surface area contributed by atoms with Crippen molar-refractivity contribution in [1.82, 2.24) is 20.2 Å². The maximum absolute atomic E-state index is 11.9. The molecule has 1 saturated heterocycles. The van der Waals surface area contributed by atoms with Gasteiger partial charge in [0.05, 0.1) is 46.1 Å². The Balaban J connectivity index is 1.58. The van der Waals surface area contributed by atoms with E-state index in [9.17, 15) is 8.42 Å². The summed E-state index contributed by atoms with van der Waals surface area (Å²) >= 11 is 1.61. The molecule has 0 bridgehead atoms. The predicted molar refractivity (Wildman–Crippen MR) is 139 cm³/mol. The number of nitrogens with one attached hydrogen (secondary N) is 1. The molecule has 1 N–H and O–H groups in total. The molecule has 6 rings (SSSR count). The van der Waals surface area contributed by atoms with Gasteiger partial charge in [0.25, 0.3) is 0 Å². The lowest BCUT2D eigenvalue weighted by atomic mass is 10.1. The number of hydrogen-bond acceptors (Lipinski definition) is 8. The van der Waals surface area contributed by atoms with Gasteiger partial charge in [-0.25, -0.2) is 18.4 Å². The van der Waals surface area contributed by atoms with Crippen LogP contribution in [0.15, 0.2) is 58.9 Å². The van der Waals surface area contributed by atoms with E-state index in [4.69, 9.17) is 14.7 Å². The molecular formula is C25H23N5O3S2. The van der Waals surface area contributed by atoms with Crippen LogP contribution in [0, 0.1) is 0 Å². The van der Waals surface area contributed by atoms with Crippen molar-refractivity contribution >= 4 is 48.1 Å². The first kappa shape index (κ1) is 22.1. The molecule has 0 amide bonds. The second-order valence-corrected chi connectivity index (χ2v) is 11.6. The van der Waals surface area contributed by atoms with Crippen molar-refractivity contribution in [2.45, 2.75) is 17.9 Å². The summed E-state index contributed by atoms with van der Waals surface area (Å²) in [6, 6.07) is 13.1. The lowest BCUT2D eigenvalue weighted by Gasteiger charge is -2.34. The van der Waals surface area contributed by atoms with Crippen LogP contribution in [0.2, 0.25) is 0 Å². The average Bonchev–Trinajstić information content (AvgIpc) is 3.50. The molecule has 0 unspecified atom stereocenters. The third-order valence-electron chi connectivity index (χ3n) is 6.36. The van der Waals surface area contributed by atoms with Gasteiger partial charge in [-0.15, -0.1) is 11.3 Å². The Morgan fingerprint density at radius 3 is 2.71 bits per heavy atom. The van der Waals surface area contributed by atoms with Crippen LogP contribution < -0.4 is 4.90 Å². The van der Waals surface area contributed by atoms with E-state index in [-0.39, 0.29) is 6.04 Å². The number of ether oxygens (including phenoxy) is 1. The van der Waals surface area contributed by atoms with Gasteiger partial charge in [0.1, 0.15) is 0 Å². The van der Waals surface area contributed by atoms with E-state index in [1.165, 1.54) is 6.26 Å². The largest absolute Gasteiger partial charge is 0.377 e. The Hall–Kier alpha value is -3.34. The lowest BCUT2D eigenvalue weighted by Crippen LogP contribution is -2.44. The Labute approximate surface area is 206 Å². The summed E-state index contributed by atoms with van der Waals surface area (Å²) in [5.74, 6) is 1.52. The van der Waals surface area contributed by atoms with Crippen LogP contribution in [-0.2, 0) is 14.6 Å². The standard InChI is InChI=1S/C25H23N5O3S2/c1-15-13-33-11-10-30(15)25-23-22(20(14-34-23)16-6-8-17(9-7-16)35(2,31)32)27-24(28-25)18-4-3-5-21-19(18)12-26-29-21/h3-9,12,14-15H,10-11,13H2,1-2H3,(H,26,29)/t15-/m1/s1. The number of fused-ring (bicyclic) bond motifs is 2. The van der Waals surface area contributed by atoms with E-state index in [1.807, 2.05) is 30.3 Å². The molecular weight excluding hydrogens is 482 g/mol. The minimum absolute atomic E-state index is 0.180. The second-order valence-electron chi connectivity index (χ2n) is 8.75. The number of rotatable bonds is 4. The highest BCUT2D eigenvalue weighted by Gasteiger charge is 2.26. The highest BCUT2D eigenvalue weighted by molar-refractivity contribution is 7.90. The summed E-state index contributed by atoms with van der Waals surface area (Å²) in [4.78, 5) is 12.7. The molecule has 3 aromatic heterocycles. The fourth-order valence-corrected chi connectivity index (χ4v) is 6.16. The van der Waals surface area contributed by atoms with E-state index in [2.05, 4.69) is 27.4 Å². The van der Waals surface area contributed by atoms with Gasteiger partial charge in [-0.1, -0.05) is 24.3 Å². The van der Waals surface area contributed by atoms with Crippen LogP contribution in [0.25, 0.3) is 43.6 Å². The fourth-order valence-electron chi connectivity index (χ4n) is 4.51. The third kappa shape index (κ3) is 3.87. The summed E-state index contributed by atoms with van der Waals surface area (Å²) in [6.45, 7) is 4.18. The minimum Gasteiger partial charge on any atom is -0.377 e. The number of benzene rings is 2. The van der Waals surface area contributed by atoms with E-state index >= 15 is 0 Å². The summed E-state index contributed by atoms with van der Waals surface area (Å²) < 4.78 is 30.6. The van der Waals surface area contributed by atoms with E-state index in [1.54, 1.807) is 29.7 Å². The zero-order valence-electron chi connectivity index (χ0n) is 19.2. The molecule has 1 atom stereocenters. The summed E-state index contributed by atoms with van der Waals surface area (Å²) in [7, 11) is -3.27. The van der Waals surface area contributed by atoms with Crippen molar-refractivity contribution in [1.29, 1.82) is 0 Å². The van der Waals surface area contributed by atoms with Crippen LogP contribution in [0.5, 0.6) is 0 Å². The maximum atomic E-state index is 11.9. The van der Waals surface area contributed by atoms with E-state index in [0.29, 0.717) is 23.9 Å². The monoisotopic (exact) mass is 505 g/mol. The number of nitrogens with zero attached hydrogens (tertiary/aromatic N) is 4. The Kier molecular flexibility index (Phi) is 5.32. The van der Waals surface area contributed by atoms with Crippen LogP contribution in [0.1, 0.15) is 6.92 Å². The average molecular weight is 506 g/mol. The Morgan fingerprint density at radius 1 is 1.11 bits per heavy atom. The molecule has 0 spiro atoms. The van der Waals surface area contributed by atoms with Gasteiger partial charge in [-0.05, 0) is 30.7 Å². The molecule has 8 nitrogen and oxygen atoms in total. The molecule has 10 heteroatoms. The molecule has 35 heavy (non-hydrogen) atoms. The minimum atomic E-state index is -3.27. The molecule has 1 aliphatic heterocycles. The molecule has 1 fully saturated rings. The molecule has 0 saturated carbocycles.